The number of thiophene rings is 1. The maximum Gasteiger partial charge on any atom is 0.169 e. The van der Waals surface area contributed by atoms with Crippen molar-refractivity contribution in [1.29, 1.82) is 0 Å². The molecule has 0 aliphatic carbocycles. The van der Waals surface area contributed by atoms with Gasteiger partial charge in [0.05, 0.1) is 4.47 Å². The first-order chi connectivity index (χ1) is 9.24. The van der Waals surface area contributed by atoms with Crippen LogP contribution in [0, 0.1) is 0 Å². The molecule has 0 aliphatic rings. The number of hydrogen-bond donors (Lipinski definition) is 0. The van der Waals surface area contributed by atoms with Crippen molar-refractivity contribution in [3.63, 3.8) is 0 Å². The average Bonchev–Trinajstić information content (AvgIpc) is 2.87. The molecule has 96 valence electrons. The van der Waals surface area contributed by atoms with Crippen LogP contribution in [-0.2, 0) is 6.61 Å². The Hall–Kier alpha value is -1.17. The molecule has 3 nitrogen and oxygen atoms in total. The van der Waals surface area contributed by atoms with E-state index in [1.165, 1.54) is 0 Å². The number of ether oxygens (including phenoxy) is 1. The molecule has 3 aromatic rings. The third kappa shape index (κ3) is 2.73. The molecular formula is C13H8BrClN2OS. The van der Waals surface area contributed by atoms with Crippen LogP contribution in [0.5, 0.6) is 5.75 Å². The van der Waals surface area contributed by atoms with Crippen molar-refractivity contribution in [2.75, 3.05) is 0 Å². The van der Waals surface area contributed by atoms with Crippen molar-refractivity contribution in [1.82, 2.24) is 9.97 Å². The van der Waals surface area contributed by atoms with Crippen molar-refractivity contribution >= 4 is 49.1 Å². The van der Waals surface area contributed by atoms with Crippen LogP contribution in [-0.4, -0.2) is 9.97 Å². The number of halogens is 2. The van der Waals surface area contributed by atoms with Gasteiger partial charge >= 0.3 is 0 Å². The Morgan fingerprint density at radius 1 is 1.21 bits per heavy atom. The molecule has 0 saturated heterocycles. The fraction of sp³-hybridized carbons (Fsp3) is 0.0769. The van der Waals surface area contributed by atoms with Gasteiger partial charge in [0.15, 0.2) is 5.82 Å². The molecule has 0 N–H and O–H groups in total. The monoisotopic (exact) mass is 354 g/mol. The molecule has 0 radical (unpaired) electrons. The minimum absolute atomic E-state index is 0.288. The Bertz CT molecular complexity index is 731. The van der Waals surface area contributed by atoms with Crippen LogP contribution in [0.4, 0.5) is 0 Å². The lowest BCUT2D eigenvalue weighted by Crippen LogP contribution is -2.01. The number of fused-ring (bicyclic) bond motifs is 1. The zero-order chi connectivity index (χ0) is 13.2. The SMILES string of the molecule is Clc1nc(COc2ccccc2Br)nc2sccc12. The smallest absolute Gasteiger partial charge is 0.169 e. The maximum absolute atomic E-state index is 6.11. The highest BCUT2D eigenvalue weighted by molar-refractivity contribution is 9.10. The Morgan fingerprint density at radius 3 is 2.89 bits per heavy atom. The molecule has 0 atom stereocenters. The molecule has 1 aromatic carbocycles. The molecule has 2 heterocycles. The summed E-state index contributed by atoms with van der Waals surface area (Å²) in [6.07, 6.45) is 0. The minimum Gasteiger partial charge on any atom is -0.484 e. The molecule has 19 heavy (non-hydrogen) atoms. The van der Waals surface area contributed by atoms with Crippen molar-refractivity contribution < 1.29 is 4.74 Å². The molecule has 0 amide bonds. The van der Waals surface area contributed by atoms with Crippen LogP contribution < -0.4 is 4.74 Å². The normalized spacial score (nSPS) is 10.8. The van der Waals surface area contributed by atoms with Gasteiger partial charge in [-0.15, -0.1) is 11.3 Å². The van der Waals surface area contributed by atoms with E-state index in [9.17, 15) is 0 Å². The van der Waals surface area contributed by atoms with Crippen LogP contribution in [0.2, 0.25) is 5.15 Å². The van der Waals surface area contributed by atoms with Crippen molar-refractivity contribution in [2.45, 2.75) is 6.61 Å². The molecule has 0 fully saturated rings. The Balaban J connectivity index is 1.84. The summed E-state index contributed by atoms with van der Waals surface area (Å²) < 4.78 is 6.58. The minimum atomic E-state index is 0.288. The van der Waals surface area contributed by atoms with Gasteiger partial charge in [0.25, 0.3) is 0 Å². The van der Waals surface area contributed by atoms with Crippen LogP contribution in [0.15, 0.2) is 40.2 Å². The first kappa shape index (κ1) is 12.8. The molecule has 3 rings (SSSR count). The number of para-hydroxylation sites is 1. The van der Waals surface area contributed by atoms with Gasteiger partial charge in [-0.2, -0.15) is 0 Å². The van der Waals surface area contributed by atoms with E-state index in [0.29, 0.717) is 11.0 Å². The maximum atomic E-state index is 6.11. The summed E-state index contributed by atoms with van der Waals surface area (Å²) in [4.78, 5) is 9.54. The molecule has 0 aliphatic heterocycles. The molecule has 0 bridgehead atoms. The second kappa shape index (κ2) is 5.45. The van der Waals surface area contributed by atoms with E-state index < -0.39 is 0 Å². The van der Waals surface area contributed by atoms with Crippen molar-refractivity contribution in [3.8, 4) is 5.75 Å². The number of rotatable bonds is 3. The van der Waals surface area contributed by atoms with Gasteiger partial charge < -0.3 is 4.74 Å². The Labute approximate surface area is 127 Å². The number of nitrogens with zero attached hydrogens (tertiary/aromatic N) is 2. The van der Waals surface area contributed by atoms with Crippen LogP contribution in [0.1, 0.15) is 5.82 Å². The molecule has 0 unspecified atom stereocenters. The second-order valence-electron chi connectivity index (χ2n) is 3.79. The van der Waals surface area contributed by atoms with E-state index in [1.807, 2.05) is 35.7 Å². The first-order valence-electron chi connectivity index (χ1n) is 5.51. The zero-order valence-corrected chi connectivity index (χ0v) is 12.8. The standard InChI is InChI=1S/C13H8BrClN2OS/c14-9-3-1-2-4-10(9)18-7-11-16-12(15)8-5-6-19-13(8)17-11/h1-6H,7H2. The van der Waals surface area contributed by atoms with Crippen molar-refractivity contribution in [2.24, 2.45) is 0 Å². The summed E-state index contributed by atoms with van der Waals surface area (Å²) in [6, 6.07) is 9.57. The Kier molecular flexibility index (Phi) is 3.68. The lowest BCUT2D eigenvalue weighted by Gasteiger charge is -2.07. The average molecular weight is 356 g/mol. The van der Waals surface area contributed by atoms with Gasteiger partial charge in [0.1, 0.15) is 22.3 Å². The van der Waals surface area contributed by atoms with Gasteiger partial charge in [0.2, 0.25) is 0 Å². The molecule has 2 aromatic heterocycles. The topological polar surface area (TPSA) is 35.0 Å². The predicted molar refractivity (Wildman–Crippen MR) is 80.9 cm³/mol. The van der Waals surface area contributed by atoms with Crippen molar-refractivity contribution in [3.05, 3.63) is 51.2 Å². The summed E-state index contributed by atoms with van der Waals surface area (Å²) in [5, 5.41) is 3.30. The highest BCUT2D eigenvalue weighted by Crippen LogP contribution is 2.27. The number of hydrogen-bond acceptors (Lipinski definition) is 4. The molecular weight excluding hydrogens is 348 g/mol. The molecule has 0 spiro atoms. The molecule has 0 saturated carbocycles. The third-order valence-corrected chi connectivity index (χ3v) is 4.27. The lowest BCUT2D eigenvalue weighted by atomic mass is 10.3. The predicted octanol–water partition coefficient (Wildman–Crippen LogP) is 4.69. The number of aromatic nitrogens is 2. The summed E-state index contributed by atoms with van der Waals surface area (Å²) in [6.45, 7) is 0.288. The summed E-state index contributed by atoms with van der Waals surface area (Å²) in [5.74, 6) is 1.34. The third-order valence-electron chi connectivity index (χ3n) is 2.52. The highest BCUT2D eigenvalue weighted by atomic mass is 79.9. The quantitative estimate of drug-likeness (QED) is 0.640. The first-order valence-corrected chi connectivity index (χ1v) is 7.56. The summed E-state index contributed by atoms with van der Waals surface area (Å²) in [5.41, 5.74) is 0. The summed E-state index contributed by atoms with van der Waals surface area (Å²) in [7, 11) is 0. The highest BCUT2D eigenvalue weighted by Gasteiger charge is 2.08. The Morgan fingerprint density at radius 2 is 2.05 bits per heavy atom. The van der Waals surface area contributed by atoms with Crippen LogP contribution >= 0.6 is 38.9 Å². The van der Waals surface area contributed by atoms with Gasteiger partial charge in [-0.3, -0.25) is 0 Å². The largest absolute Gasteiger partial charge is 0.484 e. The van der Waals surface area contributed by atoms with Gasteiger partial charge in [-0.1, -0.05) is 23.7 Å². The summed E-state index contributed by atoms with van der Waals surface area (Å²) >= 11 is 11.1. The van der Waals surface area contributed by atoms with Gasteiger partial charge in [-0.25, -0.2) is 9.97 Å². The molecule has 6 heteroatoms. The second-order valence-corrected chi connectivity index (χ2v) is 5.90. The van der Waals surface area contributed by atoms with E-state index in [4.69, 9.17) is 16.3 Å². The van der Waals surface area contributed by atoms with E-state index in [2.05, 4.69) is 25.9 Å². The number of benzene rings is 1. The van der Waals surface area contributed by atoms with E-state index in [1.54, 1.807) is 11.3 Å². The van der Waals surface area contributed by atoms with Gasteiger partial charge in [0, 0.05) is 5.39 Å². The fourth-order valence-corrected chi connectivity index (χ4v) is 3.12. The van der Waals surface area contributed by atoms with E-state index >= 15 is 0 Å². The van der Waals surface area contributed by atoms with Crippen LogP contribution in [0.3, 0.4) is 0 Å². The zero-order valence-electron chi connectivity index (χ0n) is 9.64. The van der Waals surface area contributed by atoms with E-state index in [-0.39, 0.29) is 6.61 Å². The van der Waals surface area contributed by atoms with Crippen LogP contribution in [0.25, 0.3) is 10.2 Å². The fourth-order valence-electron chi connectivity index (χ4n) is 1.63. The van der Waals surface area contributed by atoms with E-state index in [0.717, 1.165) is 20.4 Å². The van der Waals surface area contributed by atoms with Gasteiger partial charge in [-0.05, 0) is 39.5 Å². The lowest BCUT2D eigenvalue weighted by molar-refractivity contribution is 0.294.